The zero-order valence-corrected chi connectivity index (χ0v) is 9.74. The molecule has 0 fully saturated rings. The molecule has 0 spiro atoms. The number of alkyl halides is 3. The van der Waals surface area contributed by atoms with Gasteiger partial charge in [0.15, 0.2) is 0 Å². The van der Waals surface area contributed by atoms with E-state index in [0.29, 0.717) is 12.0 Å². The van der Waals surface area contributed by atoms with Gasteiger partial charge in [0.25, 0.3) is 0 Å². The lowest BCUT2D eigenvalue weighted by Gasteiger charge is -2.11. The molecule has 0 aliphatic carbocycles. The summed E-state index contributed by atoms with van der Waals surface area (Å²) >= 11 is 17.1. The first-order valence-electron chi connectivity index (χ1n) is 4.28. The van der Waals surface area contributed by atoms with Gasteiger partial charge in [-0.25, -0.2) is 5.11 Å². The number of aryl methyl sites for hydroxylation is 1. The molecule has 1 aromatic rings. The molecule has 1 rings (SSSR count). The zero-order valence-electron chi connectivity index (χ0n) is 7.47. The van der Waals surface area contributed by atoms with Crippen molar-refractivity contribution >= 4 is 34.8 Å². The van der Waals surface area contributed by atoms with E-state index < -0.39 is 3.79 Å². The molecule has 4 heteroatoms. The van der Waals surface area contributed by atoms with Crippen LogP contribution in [0.4, 0.5) is 0 Å². The van der Waals surface area contributed by atoms with Crippen molar-refractivity contribution in [3.63, 3.8) is 0 Å². The van der Waals surface area contributed by atoms with Gasteiger partial charge >= 0.3 is 0 Å². The van der Waals surface area contributed by atoms with Gasteiger partial charge in [-0.2, -0.15) is 0 Å². The largest absolute Gasteiger partial charge is 0.237 e. The molecule has 1 radical (unpaired) electrons. The van der Waals surface area contributed by atoms with E-state index in [1.54, 1.807) is 12.1 Å². The second kappa shape index (κ2) is 5.22. The third kappa shape index (κ3) is 3.66. The number of hydrogen-bond acceptors (Lipinski definition) is 0. The highest BCUT2D eigenvalue weighted by Crippen LogP contribution is 2.37. The number of rotatable bonds is 3. The third-order valence-electron chi connectivity index (χ3n) is 1.89. The first-order chi connectivity index (χ1) is 6.54. The standard InChI is InChI=1S/C10H10Cl3O/c11-10(12,13)9-5-3-8(4-6-9)2-1-7-14/h3-6H,1-2,7H2. The Labute approximate surface area is 98.6 Å². The Kier molecular flexibility index (Phi) is 4.52. The van der Waals surface area contributed by atoms with Crippen molar-refractivity contribution in [1.29, 1.82) is 0 Å². The van der Waals surface area contributed by atoms with Crippen LogP contribution in [0.1, 0.15) is 17.5 Å². The summed E-state index contributed by atoms with van der Waals surface area (Å²) in [7, 11) is 0. The first-order valence-corrected chi connectivity index (χ1v) is 5.41. The Morgan fingerprint density at radius 2 is 1.64 bits per heavy atom. The minimum atomic E-state index is -1.36. The van der Waals surface area contributed by atoms with Crippen LogP contribution in [-0.4, -0.2) is 6.61 Å². The van der Waals surface area contributed by atoms with Crippen molar-refractivity contribution in [2.75, 3.05) is 6.61 Å². The molecule has 0 unspecified atom stereocenters. The molecule has 0 atom stereocenters. The van der Waals surface area contributed by atoms with Gasteiger partial charge in [0.2, 0.25) is 3.79 Å². The average Bonchev–Trinajstić information content (AvgIpc) is 2.14. The predicted molar refractivity (Wildman–Crippen MR) is 59.6 cm³/mol. The molecule has 0 amide bonds. The van der Waals surface area contributed by atoms with Gasteiger partial charge in [-0.15, -0.1) is 0 Å². The van der Waals surface area contributed by atoms with E-state index in [0.717, 1.165) is 12.0 Å². The summed E-state index contributed by atoms with van der Waals surface area (Å²) in [5.41, 5.74) is 1.74. The number of halogens is 3. The lowest BCUT2D eigenvalue weighted by atomic mass is 10.1. The molecule has 1 aromatic carbocycles. The Balaban J connectivity index is 2.69. The topological polar surface area (TPSA) is 19.9 Å². The van der Waals surface area contributed by atoms with E-state index >= 15 is 0 Å². The van der Waals surface area contributed by atoms with Crippen molar-refractivity contribution in [3.8, 4) is 0 Å². The average molecular weight is 253 g/mol. The molecule has 0 aliphatic rings. The summed E-state index contributed by atoms with van der Waals surface area (Å²) in [5, 5.41) is 10.3. The van der Waals surface area contributed by atoms with Gasteiger partial charge in [-0.1, -0.05) is 59.1 Å². The minimum Gasteiger partial charge on any atom is -0.237 e. The van der Waals surface area contributed by atoms with Crippen LogP contribution in [0.25, 0.3) is 0 Å². The van der Waals surface area contributed by atoms with Crippen LogP contribution in [0, 0.1) is 0 Å². The van der Waals surface area contributed by atoms with Crippen molar-refractivity contribution in [2.24, 2.45) is 0 Å². The van der Waals surface area contributed by atoms with E-state index in [2.05, 4.69) is 0 Å². The summed E-state index contributed by atoms with van der Waals surface area (Å²) in [6.45, 7) is -0.0494. The predicted octanol–water partition coefficient (Wildman–Crippen LogP) is 3.88. The Morgan fingerprint density at radius 1 is 1.07 bits per heavy atom. The highest BCUT2D eigenvalue weighted by molar-refractivity contribution is 6.66. The van der Waals surface area contributed by atoms with Crippen LogP contribution in [0.5, 0.6) is 0 Å². The van der Waals surface area contributed by atoms with Crippen molar-refractivity contribution in [1.82, 2.24) is 0 Å². The van der Waals surface area contributed by atoms with Crippen LogP contribution in [-0.2, 0) is 15.3 Å². The molecular weight excluding hydrogens is 242 g/mol. The van der Waals surface area contributed by atoms with E-state index in [9.17, 15) is 5.11 Å². The van der Waals surface area contributed by atoms with E-state index in [1.807, 2.05) is 12.1 Å². The van der Waals surface area contributed by atoms with Crippen LogP contribution >= 0.6 is 34.8 Å². The zero-order chi connectivity index (χ0) is 10.6. The second-order valence-electron chi connectivity index (χ2n) is 3.00. The van der Waals surface area contributed by atoms with E-state index in [-0.39, 0.29) is 6.61 Å². The molecule has 0 saturated carbocycles. The quantitative estimate of drug-likeness (QED) is 0.728. The maximum absolute atomic E-state index is 10.3. The molecule has 14 heavy (non-hydrogen) atoms. The van der Waals surface area contributed by atoms with Gasteiger partial charge in [-0.3, -0.25) is 0 Å². The van der Waals surface area contributed by atoms with Crippen LogP contribution < -0.4 is 0 Å². The Bertz CT molecular complexity index is 276. The summed E-state index contributed by atoms with van der Waals surface area (Å²) < 4.78 is -1.36. The molecule has 0 aliphatic heterocycles. The molecule has 77 valence electrons. The third-order valence-corrected chi connectivity index (χ3v) is 2.55. The normalized spacial score (nSPS) is 11.7. The molecule has 0 aromatic heterocycles. The monoisotopic (exact) mass is 251 g/mol. The number of hydrogen-bond donors (Lipinski definition) is 0. The summed E-state index contributed by atoms with van der Waals surface area (Å²) in [6, 6.07) is 7.31. The smallest absolute Gasteiger partial charge is 0.216 e. The maximum atomic E-state index is 10.3. The Hall–Kier alpha value is 0.0500. The summed E-state index contributed by atoms with van der Waals surface area (Å²) in [5.74, 6) is 0. The minimum absolute atomic E-state index is 0.0494. The lowest BCUT2D eigenvalue weighted by molar-refractivity contribution is 0.189. The lowest BCUT2D eigenvalue weighted by Crippen LogP contribution is -1.99. The van der Waals surface area contributed by atoms with Crippen LogP contribution in [0.2, 0.25) is 0 Å². The van der Waals surface area contributed by atoms with Crippen molar-refractivity contribution in [2.45, 2.75) is 16.6 Å². The van der Waals surface area contributed by atoms with Crippen LogP contribution in [0.3, 0.4) is 0 Å². The van der Waals surface area contributed by atoms with E-state index in [1.165, 1.54) is 0 Å². The number of benzene rings is 1. The molecular formula is C10H10Cl3O. The summed E-state index contributed by atoms with van der Waals surface area (Å²) in [4.78, 5) is 0. The fourth-order valence-corrected chi connectivity index (χ4v) is 1.51. The molecule has 0 bridgehead atoms. The fourth-order valence-electron chi connectivity index (χ4n) is 1.14. The van der Waals surface area contributed by atoms with Crippen molar-refractivity contribution in [3.05, 3.63) is 35.4 Å². The van der Waals surface area contributed by atoms with Gasteiger partial charge in [-0.05, 0) is 18.4 Å². The van der Waals surface area contributed by atoms with Gasteiger partial charge in [0.1, 0.15) is 0 Å². The van der Waals surface area contributed by atoms with Crippen molar-refractivity contribution < 1.29 is 5.11 Å². The first kappa shape index (κ1) is 12.1. The Morgan fingerprint density at radius 3 is 2.07 bits per heavy atom. The van der Waals surface area contributed by atoms with Gasteiger partial charge in [0, 0.05) is 5.56 Å². The fraction of sp³-hybridized carbons (Fsp3) is 0.400. The van der Waals surface area contributed by atoms with Crippen LogP contribution in [0.15, 0.2) is 24.3 Å². The molecule has 0 saturated heterocycles. The summed E-state index contributed by atoms with van der Waals surface area (Å²) in [6.07, 6.45) is 1.43. The van der Waals surface area contributed by atoms with Gasteiger partial charge in [0.05, 0.1) is 6.61 Å². The molecule has 0 N–H and O–H groups in total. The second-order valence-corrected chi connectivity index (χ2v) is 5.28. The van der Waals surface area contributed by atoms with E-state index in [4.69, 9.17) is 34.8 Å². The highest BCUT2D eigenvalue weighted by Gasteiger charge is 2.21. The molecule has 1 nitrogen and oxygen atoms in total. The SMILES string of the molecule is [O]CCCc1ccc(C(Cl)(Cl)Cl)cc1. The highest BCUT2D eigenvalue weighted by atomic mass is 35.6. The van der Waals surface area contributed by atoms with Gasteiger partial charge < -0.3 is 0 Å². The molecule has 0 heterocycles. The maximum Gasteiger partial charge on any atom is 0.216 e.